The summed E-state index contributed by atoms with van der Waals surface area (Å²) in [5.74, 6) is -0.0975. The van der Waals surface area contributed by atoms with Gasteiger partial charge in [-0.05, 0) is 43.5 Å². The topological polar surface area (TPSA) is 41.6 Å². The van der Waals surface area contributed by atoms with Crippen LogP contribution in [0.15, 0.2) is 24.3 Å². The van der Waals surface area contributed by atoms with Crippen molar-refractivity contribution in [1.82, 2.24) is 10.2 Å². The minimum atomic E-state index is -4.68. The summed E-state index contributed by atoms with van der Waals surface area (Å²) in [7, 11) is 0. The van der Waals surface area contributed by atoms with E-state index in [2.05, 4.69) is 15.0 Å². The standard InChI is InChI=1S/C16H19F3N2O2/c17-16(18,19)23-13-4-1-3-12(9-13)10-21-8-6-15(11-21)5-2-7-20-14(15)22/h1,3-4,9H,2,5-8,10-11H2,(H,20,22)/t15-/m1/s1. The number of halogens is 3. The van der Waals surface area contributed by atoms with E-state index < -0.39 is 6.36 Å². The van der Waals surface area contributed by atoms with Gasteiger partial charge >= 0.3 is 6.36 Å². The number of benzene rings is 1. The molecule has 0 bridgehead atoms. The van der Waals surface area contributed by atoms with Crippen molar-refractivity contribution in [1.29, 1.82) is 0 Å². The molecule has 3 rings (SSSR count). The smallest absolute Gasteiger partial charge is 0.406 e. The van der Waals surface area contributed by atoms with Crippen molar-refractivity contribution in [3.8, 4) is 5.75 Å². The second-order valence-electron chi connectivity index (χ2n) is 6.30. The molecule has 7 heteroatoms. The zero-order valence-corrected chi connectivity index (χ0v) is 12.7. The molecule has 126 valence electrons. The van der Waals surface area contributed by atoms with Crippen LogP contribution in [0.3, 0.4) is 0 Å². The molecule has 2 fully saturated rings. The van der Waals surface area contributed by atoms with Crippen molar-refractivity contribution in [2.75, 3.05) is 19.6 Å². The fourth-order valence-electron chi connectivity index (χ4n) is 3.51. The zero-order chi connectivity index (χ0) is 16.5. The maximum absolute atomic E-state index is 12.3. The molecular formula is C16H19F3N2O2. The van der Waals surface area contributed by atoms with E-state index in [-0.39, 0.29) is 17.1 Å². The molecule has 1 atom stereocenters. The van der Waals surface area contributed by atoms with Crippen molar-refractivity contribution in [2.45, 2.75) is 32.2 Å². The molecule has 4 nitrogen and oxygen atoms in total. The fourth-order valence-corrected chi connectivity index (χ4v) is 3.51. The lowest BCUT2D eigenvalue weighted by Gasteiger charge is -2.32. The van der Waals surface area contributed by atoms with E-state index >= 15 is 0 Å². The number of rotatable bonds is 3. The number of amides is 1. The number of alkyl halides is 3. The Hall–Kier alpha value is -1.76. The van der Waals surface area contributed by atoms with Gasteiger partial charge in [-0.2, -0.15) is 0 Å². The first-order valence-corrected chi connectivity index (χ1v) is 7.72. The molecule has 2 saturated heterocycles. The van der Waals surface area contributed by atoms with E-state index in [1.165, 1.54) is 12.1 Å². The van der Waals surface area contributed by atoms with Crippen molar-refractivity contribution in [3.05, 3.63) is 29.8 Å². The van der Waals surface area contributed by atoms with E-state index in [1.54, 1.807) is 12.1 Å². The van der Waals surface area contributed by atoms with E-state index in [1.807, 2.05) is 0 Å². The largest absolute Gasteiger partial charge is 0.573 e. The van der Waals surface area contributed by atoms with E-state index in [0.717, 1.165) is 37.9 Å². The molecule has 1 amide bonds. The Kier molecular flexibility index (Phi) is 4.23. The van der Waals surface area contributed by atoms with Crippen LogP contribution in [0.2, 0.25) is 0 Å². The molecule has 0 saturated carbocycles. The van der Waals surface area contributed by atoms with Gasteiger partial charge in [0.2, 0.25) is 5.91 Å². The van der Waals surface area contributed by atoms with Crippen molar-refractivity contribution < 1.29 is 22.7 Å². The number of piperidine rings is 1. The highest BCUT2D eigenvalue weighted by Gasteiger charge is 2.45. The van der Waals surface area contributed by atoms with Gasteiger partial charge in [0.15, 0.2) is 0 Å². The second-order valence-corrected chi connectivity index (χ2v) is 6.30. The molecule has 2 heterocycles. The lowest BCUT2D eigenvalue weighted by atomic mass is 9.79. The number of likely N-dealkylation sites (tertiary alicyclic amines) is 1. The van der Waals surface area contributed by atoms with Gasteiger partial charge in [-0.25, -0.2) is 0 Å². The summed E-state index contributed by atoms with van der Waals surface area (Å²) < 4.78 is 40.8. The third kappa shape index (κ3) is 3.77. The maximum Gasteiger partial charge on any atom is 0.573 e. The van der Waals surface area contributed by atoms with E-state index in [4.69, 9.17) is 0 Å². The summed E-state index contributed by atoms with van der Waals surface area (Å²) in [5, 5.41) is 2.92. The number of carbonyl (C=O) groups excluding carboxylic acids is 1. The number of hydrogen-bond donors (Lipinski definition) is 1. The van der Waals surface area contributed by atoms with Gasteiger partial charge in [0.25, 0.3) is 0 Å². The summed E-state index contributed by atoms with van der Waals surface area (Å²) in [6.07, 6.45) is -2.02. The average molecular weight is 328 g/mol. The minimum absolute atomic E-state index is 0.111. The highest BCUT2D eigenvalue weighted by atomic mass is 19.4. The van der Waals surface area contributed by atoms with Crippen LogP contribution in [-0.4, -0.2) is 36.8 Å². The Morgan fingerprint density at radius 1 is 1.30 bits per heavy atom. The van der Waals surface area contributed by atoms with Crippen molar-refractivity contribution in [2.24, 2.45) is 5.41 Å². The lowest BCUT2D eigenvalue weighted by molar-refractivity contribution is -0.274. The summed E-state index contributed by atoms with van der Waals surface area (Å²) in [6, 6.07) is 6.02. The molecule has 2 aliphatic heterocycles. The van der Waals surface area contributed by atoms with Gasteiger partial charge in [0, 0.05) is 19.6 Å². The quantitative estimate of drug-likeness (QED) is 0.928. The fraction of sp³-hybridized carbons (Fsp3) is 0.562. The Labute approximate surface area is 132 Å². The number of carbonyl (C=O) groups is 1. The van der Waals surface area contributed by atoms with Gasteiger partial charge in [-0.15, -0.1) is 13.2 Å². The van der Waals surface area contributed by atoms with Gasteiger partial charge in [-0.3, -0.25) is 9.69 Å². The summed E-state index contributed by atoms with van der Waals surface area (Å²) >= 11 is 0. The highest BCUT2D eigenvalue weighted by molar-refractivity contribution is 5.83. The van der Waals surface area contributed by atoms with Crippen LogP contribution < -0.4 is 10.1 Å². The molecule has 1 aromatic rings. The van der Waals surface area contributed by atoms with Crippen LogP contribution in [0.5, 0.6) is 5.75 Å². The third-order valence-corrected chi connectivity index (χ3v) is 4.57. The van der Waals surface area contributed by atoms with Gasteiger partial charge in [0.05, 0.1) is 5.41 Å². The third-order valence-electron chi connectivity index (χ3n) is 4.57. The van der Waals surface area contributed by atoms with Crippen molar-refractivity contribution in [3.63, 3.8) is 0 Å². The predicted molar refractivity (Wildman–Crippen MR) is 77.7 cm³/mol. The predicted octanol–water partition coefficient (Wildman–Crippen LogP) is 2.69. The SMILES string of the molecule is O=C1NCCC[C@]12CCN(Cc1cccc(OC(F)(F)F)c1)C2. The molecule has 0 radical (unpaired) electrons. The number of nitrogens with zero attached hydrogens (tertiary/aromatic N) is 1. The Morgan fingerprint density at radius 3 is 2.87 bits per heavy atom. The monoisotopic (exact) mass is 328 g/mol. The van der Waals surface area contributed by atoms with Crippen LogP contribution in [0.25, 0.3) is 0 Å². The van der Waals surface area contributed by atoms with Crippen LogP contribution in [0.1, 0.15) is 24.8 Å². The van der Waals surface area contributed by atoms with Crippen LogP contribution in [0, 0.1) is 5.41 Å². The molecule has 0 aromatic heterocycles. The summed E-state index contributed by atoms with van der Waals surface area (Å²) in [6.45, 7) is 2.68. The van der Waals surface area contributed by atoms with Crippen LogP contribution in [0.4, 0.5) is 13.2 Å². The second kappa shape index (κ2) is 6.03. The van der Waals surface area contributed by atoms with Gasteiger partial charge in [-0.1, -0.05) is 12.1 Å². The zero-order valence-electron chi connectivity index (χ0n) is 12.7. The summed E-state index contributed by atoms with van der Waals surface area (Å²) in [5.41, 5.74) is 0.429. The lowest BCUT2D eigenvalue weighted by Crippen LogP contribution is -2.47. The highest BCUT2D eigenvalue weighted by Crippen LogP contribution is 2.38. The van der Waals surface area contributed by atoms with Crippen molar-refractivity contribution >= 4 is 5.91 Å². The molecule has 0 unspecified atom stereocenters. The molecule has 23 heavy (non-hydrogen) atoms. The Balaban J connectivity index is 1.64. The van der Waals surface area contributed by atoms with E-state index in [9.17, 15) is 18.0 Å². The first kappa shape index (κ1) is 16.1. The Morgan fingerprint density at radius 2 is 2.13 bits per heavy atom. The van der Waals surface area contributed by atoms with Gasteiger partial charge < -0.3 is 10.1 Å². The maximum atomic E-state index is 12.3. The molecule has 1 aromatic carbocycles. The molecule has 1 N–H and O–H groups in total. The average Bonchev–Trinajstić information content (AvgIpc) is 2.85. The summed E-state index contributed by atoms with van der Waals surface area (Å²) in [4.78, 5) is 14.3. The number of nitrogens with one attached hydrogen (secondary N) is 1. The number of ether oxygens (including phenoxy) is 1. The first-order valence-electron chi connectivity index (χ1n) is 7.72. The van der Waals surface area contributed by atoms with Crippen LogP contribution in [-0.2, 0) is 11.3 Å². The van der Waals surface area contributed by atoms with Crippen LogP contribution >= 0.6 is 0 Å². The first-order chi connectivity index (χ1) is 10.9. The molecule has 0 aliphatic carbocycles. The van der Waals surface area contributed by atoms with E-state index in [0.29, 0.717) is 13.1 Å². The molecule has 1 spiro atoms. The minimum Gasteiger partial charge on any atom is -0.406 e. The molecular weight excluding hydrogens is 309 g/mol. The molecule has 2 aliphatic rings. The van der Waals surface area contributed by atoms with Gasteiger partial charge in [0.1, 0.15) is 5.75 Å². The normalized spacial score (nSPS) is 25.6. The Bertz CT molecular complexity index is 591. The number of hydrogen-bond acceptors (Lipinski definition) is 3.